The number of nitrogens with one attached hydrogen (secondary N) is 1. The van der Waals surface area contributed by atoms with Gasteiger partial charge in [0.25, 0.3) is 0 Å². The SMILES string of the molecule is CCNCc1cc(N(C)CCOCC2CC2)ccn1. The molecule has 0 amide bonds. The lowest BCUT2D eigenvalue weighted by Crippen LogP contribution is -2.23. The van der Waals surface area contributed by atoms with E-state index in [9.17, 15) is 0 Å². The predicted molar refractivity (Wildman–Crippen MR) is 78.4 cm³/mol. The summed E-state index contributed by atoms with van der Waals surface area (Å²) < 4.78 is 5.68. The summed E-state index contributed by atoms with van der Waals surface area (Å²) in [6.45, 7) is 6.57. The highest BCUT2D eigenvalue weighted by molar-refractivity contribution is 5.45. The van der Waals surface area contributed by atoms with Crippen LogP contribution in [-0.2, 0) is 11.3 Å². The fraction of sp³-hybridized carbons (Fsp3) is 0.667. The molecule has 1 N–H and O–H groups in total. The second-order valence-electron chi connectivity index (χ2n) is 5.23. The van der Waals surface area contributed by atoms with Crippen molar-refractivity contribution in [1.29, 1.82) is 0 Å². The molecule has 0 radical (unpaired) electrons. The molecule has 0 aromatic carbocycles. The van der Waals surface area contributed by atoms with Gasteiger partial charge in [0, 0.05) is 38.6 Å². The van der Waals surface area contributed by atoms with E-state index in [1.165, 1.54) is 18.5 Å². The van der Waals surface area contributed by atoms with Crippen LogP contribution >= 0.6 is 0 Å². The van der Waals surface area contributed by atoms with E-state index in [-0.39, 0.29) is 0 Å². The average molecular weight is 263 g/mol. The number of hydrogen-bond donors (Lipinski definition) is 1. The van der Waals surface area contributed by atoms with Crippen molar-refractivity contribution >= 4 is 5.69 Å². The first kappa shape index (κ1) is 14.3. The van der Waals surface area contributed by atoms with Crippen LogP contribution in [0.4, 0.5) is 5.69 Å². The lowest BCUT2D eigenvalue weighted by molar-refractivity contribution is 0.131. The van der Waals surface area contributed by atoms with Crippen LogP contribution in [0, 0.1) is 5.92 Å². The van der Waals surface area contributed by atoms with Crippen LogP contribution in [0.2, 0.25) is 0 Å². The monoisotopic (exact) mass is 263 g/mol. The number of anilines is 1. The average Bonchev–Trinajstić information content (AvgIpc) is 3.25. The van der Waals surface area contributed by atoms with Crippen molar-refractivity contribution in [3.63, 3.8) is 0 Å². The Morgan fingerprint density at radius 1 is 1.47 bits per heavy atom. The molecule has 1 fully saturated rings. The highest BCUT2D eigenvalue weighted by Gasteiger charge is 2.20. The van der Waals surface area contributed by atoms with Gasteiger partial charge in [-0.1, -0.05) is 6.92 Å². The van der Waals surface area contributed by atoms with Crippen LogP contribution in [0.25, 0.3) is 0 Å². The number of nitrogens with zero attached hydrogens (tertiary/aromatic N) is 2. The second kappa shape index (κ2) is 7.46. The Morgan fingerprint density at radius 2 is 2.32 bits per heavy atom. The van der Waals surface area contributed by atoms with Crippen molar-refractivity contribution in [2.45, 2.75) is 26.3 Å². The molecule has 0 bridgehead atoms. The van der Waals surface area contributed by atoms with Crippen molar-refractivity contribution in [2.24, 2.45) is 5.92 Å². The molecule has 1 aromatic rings. The van der Waals surface area contributed by atoms with Gasteiger partial charge in [-0.3, -0.25) is 4.98 Å². The molecule has 0 atom stereocenters. The molecule has 4 nitrogen and oxygen atoms in total. The summed E-state index contributed by atoms with van der Waals surface area (Å²) >= 11 is 0. The topological polar surface area (TPSA) is 37.4 Å². The Kier molecular flexibility index (Phi) is 5.61. The molecular formula is C15H25N3O. The first-order valence-corrected chi connectivity index (χ1v) is 7.24. The molecule has 1 aliphatic rings. The zero-order chi connectivity index (χ0) is 13.5. The van der Waals surface area contributed by atoms with Crippen molar-refractivity contribution in [2.75, 3.05) is 38.3 Å². The molecule has 1 aliphatic carbocycles. The quantitative estimate of drug-likeness (QED) is 0.692. The minimum Gasteiger partial charge on any atom is -0.379 e. The van der Waals surface area contributed by atoms with Crippen LogP contribution < -0.4 is 10.2 Å². The van der Waals surface area contributed by atoms with Gasteiger partial charge in [0.05, 0.1) is 12.3 Å². The highest BCUT2D eigenvalue weighted by Crippen LogP contribution is 2.28. The van der Waals surface area contributed by atoms with Crippen molar-refractivity contribution in [3.05, 3.63) is 24.0 Å². The van der Waals surface area contributed by atoms with Gasteiger partial charge in [0.1, 0.15) is 0 Å². The van der Waals surface area contributed by atoms with Crippen molar-refractivity contribution in [3.8, 4) is 0 Å². The molecule has 0 aliphatic heterocycles. The van der Waals surface area contributed by atoms with E-state index in [1.807, 2.05) is 6.20 Å². The summed E-state index contributed by atoms with van der Waals surface area (Å²) in [6.07, 6.45) is 4.59. The summed E-state index contributed by atoms with van der Waals surface area (Å²) in [5.74, 6) is 0.845. The largest absolute Gasteiger partial charge is 0.379 e. The molecule has 4 heteroatoms. The van der Waals surface area contributed by atoms with Crippen molar-refractivity contribution in [1.82, 2.24) is 10.3 Å². The lowest BCUT2D eigenvalue weighted by Gasteiger charge is -2.19. The minimum absolute atomic E-state index is 0.803. The third-order valence-corrected chi connectivity index (χ3v) is 3.42. The Morgan fingerprint density at radius 3 is 3.05 bits per heavy atom. The molecule has 1 aromatic heterocycles. The summed E-state index contributed by atoms with van der Waals surface area (Å²) in [5.41, 5.74) is 2.29. The molecule has 1 saturated carbocycles. The summed E-state index contributed by atoms with van der Waals surface area (Å²) in [6, 6.07) is 4.19. The van der Waals surface area contributed by atoms with Crippen molar-refractivity contribution < 1.29 is 4.74 Å². The minimum atomic E-state index is 0.803. The zero-order valence-electron chi connectivity index (χ0n) is 12.1. The molecule has 19 heavy (non-hydrogen) atoms. The van der Waals surface area contributed by atoms with Crippen LogP contribution in [0.5, 0.6) is 0 Å². The smallest absolute Gasteiger partial charge is 0.0641 e. The highest BCUT2D eigenvalue weighted by atomic mass is 16.5. The Bertz CT molecular complexity index is 379. The number of rotatable bonds is 9. The Labute approximate surface area is 116 Å². The van der Waals surface area contributed by atoms with E-state index >= 15 is 0 Å². The maximum Gasteiger partial charge on any atom is 0.0641 e. The van der Waals surface area contributed by atoms with E-state index in [4.69, 9.17) is 4.74 Å². The summed E-state index contributed by atoms with van der Waals surface area (Å²) in [4.78, 5) is 6.59. The third kappa shape index (κ3) is 5.17. The fourth-order valence-corrected chi connectivity index (χ4v) is 1.92. The predicted octanol–water partition coefficient (Wildman–Crippen LogP) is 2.05. The Balaban J connectivity index is 1.74. The van der Waals surface area contributed by atoms with Crippen LogP contribution in [0.1, 0.15) is 25.5 Å². The molecule has 0 saturated heterocycles. The molecule has 106 valence electrons. The molecule has 1 heterocycles. The third-order valence-electron chi connectivity index (χ3n) is 3.42. The normalized spacial score (nSPS) is 14.6. The maximum absolute atomic E-state index is 5.68. The van der Waals surface area contributed by atoms with Crippen LogP contribution in [-0.4, -0.2) is 38.3 Å². The van der Waals surface area contributed by atoms with E-state index < -0.39 is 0 Å². The maximum atomic E-state index is 5.68. The molecule has 2 rings (SSSR count). The standard InChI is InChI=1S/C15H25N3O/c1-3-16-11-14-10-15(6-7-17-14)18(2)8-9-19-12-13-4-5-13/h6-7,10,13,16H,3-5,8-9,11-12H2,1-2H3. The summed E-state index contributed by atoms with van der Waals surface area (Å²) in [5, 5.41) is 3.30. The van der Waals surface area contributed by atoms with Gasteiger partial charge >= 0.3 is 0 Å². The van der Waals surface area contributed by atoms with Gasteiger partial charge in [0.2, 0.25) is 0 Å². The zero-order valence-corrected chi connectivity index (χ0v) is 12.1. The van der Waals surface area contributed by atoms with Gasteiger partial charge in [0.15, 0.2) is 0 Å². The molecule has 0 unspecified atom stereocenters. The van der Waals surface area contributed by atoms with Gasteiger partial charge in [-0.25, -0.2) is 0 Å². The number of hydrogen-bond acceptors (Lipinski definition) is 4. The first-order chi connectivity index (χ1) is 9.29. The van der Waals surface area contributed by atoms with Crippen LogP contribution in [0.15, 0.2) is 18.3 Å². The molecule has 0 spiro atoms. The van der Waals surface area contributed by atoms with E-state index in [2.05, 4.69) is 41.3 Å². The van der Waals surface area contributed by atoms with Gasteiger partial charge in [-0.2, -0.15) is 0 Å². The lowest BCUT2D eigenvalue weighted by atomic mass is 10.3. The molecular weight excluding hydrogens is 238 g/mol. The second-order valence-corrected chi connectivity index (χ2v) is 5.23. The number of likely N-dealkylation sites (N-methyl/N-ethyl adjacent to an activating group) is 1. The van der Waals surface area contributed by atoms with E-state index in [0.29, 0.717) is 0 Å². The number of ether oxygens (including phenoxy) is 1. The summed E-state index contributed by atoms with van der Waals surface area (Å²) in [7, 11) is 2.10. The Hall–Kier alpha value is -1.13. The van der Waals surface area contributed by atoms with E-state index in [0.717, 1.165) is 44.5 Å². The van der Waals surface area contributed by atoms with E-state index in [1.54, 1.807) is 0 Å². The first-order valence-electron chi connectivity index (χ1n) is 7.24. The van der Waals surface area contributed by atoms with Gasteiger partial charge < -0.3 is 15.0 Å². The van der Waals surface area contributed by atoms with Gasteiger partial charge in [-0.15, -0.1) is 0 Å². The van der Waals surface area contributed by atoms with Gasteiger partial charge in [-0.05, 0) is 37.4 Å². The fourth-order valence-electron chi connectivity index (χ4n) is 1.92. The van der Waals surface area contributed by atoms with Crippen LogP contribution in [0.3, 0.4) is 0 Å². The number of aromatic nitrogens is 1. The number of pyridine rings is 1.